The molecule has 0 aromatic heterocycles. The van der Waals surface area contributed by atoms with E-state index in [1.165, 1.54) is 0 Å². The lowest BCUT2D eigenvalue weighted by atomic mass is 10.1. The van der Waals surface area contributed by atoms with Crippen LogP contribution in [0.5, 0.6) is 0 Å². The van der Waals surface area contributed by atoms with Gasteiger partial charge < -0.3 is 0 Å². The van der Waals surface area contributed by atoms with Crippen LogP contribution in [-0.4, -0.2) is 0 Å². The van der Waals surface area contributed by atoms with Gasteiger partial charge in [-0.15, -0.1) is 0 Å². The fraction of sp³-hybridized carbons (Fsp3) is 0.125. The molecule has 1 nitrogen and oxygen atoms in total. The largest absolute Gasteiger partial charge is 0.360 e. The molecule has 0 bridgehead atoms. The summed E-state index contributed by atoms with van der Waals surface area (Å²) in [6.45, 7) is 0. The summed E-state index contributed by atoms with van der Waals surface area (Å²) in [5, 5.41) is 7.98. The van der Waals surface area contributed by atoms with E-state index in [-0.39, 0.29) is 0 Å². The Morgan fingerprint density at radius 1 is 1.23 bits per heavy atom. The molecule has 0 atom stereocenters. The van der Waals surface area contributed by atoms with Gasteiger partial charge in [0.1, 0.15) is 17.7 Å². The molecule has 5 heteroatoms. The van der Waals surface area contributed by atoms with Gasteiger partial charge in [0, 0.05) is 6.07 Å². The highest BCUT2D eigenvalue weighted by atomic mass is 19.3. The van der Waals surface area contributed by atoms with E-state index in [0.717, 1.165) is 0 Å². The summed E-state index contributed by atoms with van der Waals surface area (Å²) in [7, 11) is 0. The minimum Gasteiger partial charge on any atom is -0.207 e. The van der Waals surface area contributed by atoms with Crippen molar-refractivity contribution >= 4 is 0 Å². The first kappa shape index (κ1) is 9.52. The highest BCUT2D eigenvalue weighted by Gasteiger charge is 2.34. The molecule has 1 aromatic rings. The van der Waals surface area contributed by atoms with Gasteiger partial charge in [-0.05, 0) is 12.1 Å². The number of nitrogens with zero attached hydrogens (tertiary/aromatic N) is 1. The summed E-state index contributed by atoms with van der Waals surface area (Å²) in [5.41, 5.74) is -1.11. The van der Waals surface area contributed by atoms with Crippen LogP contribution in [0.15, 0.2) is 18.2 Å². The van der Waals surface area contributed by atoms with Gasteiger partial charge in [-0.2, -0.15) is 14.0 Å². The molecule has 0 spiro atoms. The van der Waals surface area contributed by atoms with Gasteiger partial charge in [0.25, 0.3) is 0 Å². The van der Waals surface area contributed by atoms with Crippen LogP contribution in [0, 0.1) is 23.0 Å². The molecule has 68 valence electrons. The zero-order chi connectivity index (χ0) is 10.1. The number of nitriles is 1. The van der Waals surface area contributed by atoms with Gasteiger partial charge in [0.15, 0.2) is 0 Å². The quantitative estimate of drug-likeness (QED) is 0.623. The highest BCUT2D eigenvalue weighted by Crippen LogP contribution is 2.29. The fourth-order valence-electron chi connectivity index (χ4n) is 0.804. The molecule has 0 radical (unpaired) electrons. The number of benzene rings is 1. The standard InChI is InChI=1S/C8H3F4N/c9-5-1-2-6(7(10)3-5)8(11,12)4-13/h1-3H. The SMILES string of the molecule is N#CC(F)(F)c1ccc(F)cc1F. The van der Waals surface area contributed by atoms with E-state index in [1.54, 1.807) is 0 Å². The summed E-state index contributed by atoms with van der Waals surface area (Å²) >= 11 is 0. The number of rotatable bonds is 1. The number of hydrogen-bond acceptors (Lipinski definition) is 1. The van der Waals surface area contributed by atoms with Crippen molar-refractivity contribution in [1.29, 1.82) is 5.26 Å². The average molecular weight is 189 g/mol. The average Bonchev–Trinajstić information content (AvgIpc) is 2.03. The maximum Gasteiger partial charge on any atom is 0.360 e. The number of halogens is 4. The first-order valence-corrected chi connectivity index (χ1v) is 3.22. The molecule has 0 saturated heterocycles. The fourth-order valence-corrected chi connectivity index (χ4v) is 0.804. The van der Waals surface area contributed by atoms with Crippen LogP contribution in [0.25, 0.3) is 0 Å². The third kappa shape index (κ3) is 1.78. The van der Waals surface area contributed by atoms with Crippen LogP contribution in [0.1, 0.15) is 5.56 Å². The molecule has 0 N–H and O–H groups in total. The minimum absolute atomic E-state index is 0.306. The first-order valence-electron chi connectivity index (χ1n) is 3.22. The number of hydrogen-bond donors (Lipinski definition) is 0. The van der Waals surface area contributed by atoms with Crippen LogP contribution in [0.2, 0.25) is 0 Å². The van der Waals surface area contributed by atoms with Crippen molar-refractivity contribution in [3.05, 3.63) is 35.4 Å². The third-order valence-corrected chi connectivity index (χ3v) is 1.41. The second-order valence-corrected chi connectivity index (χ2v) is 2.31. The van der Waals surface area contributed by atoms with Gasteiger partial charge in [-0.25, -0.2) is 8.78 Å². The van der Waals surface area contributed by atoms with Crippen LogP contribution in [0.4, 0.5) is 17.6 Å². The van der Waals surface area contributed by atoms with E-state index < -0.39 is 23.1 Å². The molecule has 0 aliphatic rings. The third-order valence-electron chi connectivity index (χ3n) is 1.41. The smallest absolute Gasteiger partial charge is 0.207 e. The van der Waals surface area contributed by atoms with E-state index in [9.17, 15) is 17.6 Å². The molecule has 0 aliphatic heterocycles. The van der Waals surface area contributed by atoms with Gasteiger partial charge in [-0.3, -0.25) is 0 Å². The molecule has 0 amide bonds. The van der Waals surface area contributed by atoms with Crippen LogP contribution in [-0.2, 0) is 5.92 Å². The maximum atomic E-state index is 12.7. The molecule has 0 aliphatic carbocycles. The summed E-state index contributed by atoms with van der Waals surface area (Å²) in [6, 6.07) is 2.15. The Hall–Kier alpha value is -1.57. The van der Waals surface area contributed by atoms with E-state index in [4.69, 9.17) is 5.26 Å². The van der Waals surface area contributed by atoms with Crippen LogP contribution >= 0.6 is 0 Å². The Balaban J connectivity index is 3.26. The Labute approximate surface area is 71.2 Å². The van der Waals surface area contributed by atoms with Crippen molar-refractivity contribution in [3.8, 4) is 6.07 Å². The zero-order valence-electron chi connectivity index (χ0n) is 6.19. The molecular formula is C8H3F4N. The monoisotopic (exact) mass is 189 g/mol. The molecule has 0 saturated carbocycles. The molecule has 0 unspecified atom stereocenters. The van der Waals surface area contributed by atoms with Gasteiger partial charge in [-0.1, -0.05) is 0 Å². The molecular weight excluding hydrogens is 186 g/mol. The van der Waals surface area contributed by atoms with E-state index in [1.807, 2.05) is 0 Å². The van der Waals surface area contributed by atoms with Crippen molar-refractivity contribution in [2.24, 2.45) is 0 Å². The second kappa shape index (κ2) is 3.05. The molecule has 0 fully saturated rings. The van der Waals surface area contributed by atoms with E-state index in [2.05, 4.69) is 0 Å². The minimum atomic E-state index is -3.92. The summed E-state index contributed by atoms with van der Waals surface area (Å²) in [6.07, 6.45) is 0. The molecule has 13 heavy (non-hydrogen) atoms. The van der Waals surface area contributed by atoms with Crippen LogP contribution in [0.3, 0.4) is 0 Å². The van der Waals surface area contributed by atoms with Crippen molar-refractivity contribution in [2.45, 2.75) is 5.92 Å². The normalized spacial score (nSPS) is 11.0. The Morgan fingerprint density at radius 3 is 2.31 bits per heavy atom. The summed E-state index contributed by atoms with van der Waals surface area (Å²) in [5.74, 6) is -6.31. The molecule has 1 aromatic carbocycles. The van der Waals surface area contributed by atoms with Crippen molar-refractivity contribution < 1.29 is 17.6 Å². The van der Waals surface area contributed by atoms with E-state index in [0.29, 0.717) is 24.3 Å². The second-order valence-electron chi connectivity index (χ2n) is 2.31. The predicted octanol–water partition coefficient (Wildman–Crippen LogP) is 2.58. The van der Waals surface area contributed by atoms with Gasteiger partial charge in [0.05, 0.1) is 5.56 Å². The highest BCUT2D eigenvalue weighted by molar-refractivity contribution is 5.27. The van der Waals surface area contributed by atoms with E-state index >= 15 is 0 Å². The summed E-state index contributed by atoms with van der Waals surface area (Å²) < 4.78 is 50.0. The topological polar surface area (TPSA) is 23.8 Å². The molecule has 0 heterocycles. The number of alkyl halides is 2. The lowest BCUT2D eigenvalue weighted by Gasteiger charge is -2.07. The predicted molar refractivity (Wildman–Crippen MR) is 35.9 cm³/mol. The van der Waals surface area contributed by atoms with Crippen LogP contribution < -0.4 is 0 Å². The van der Waals surface area contributed by atoms with Gasteiger partial charge in [0.2, 0.25) is 0 Å². The first-order chi connectivity index (χ1) is 5.97. The Morgan fingerprint density at radius 2 is 1.85 bits per heavy atom. The van der Waals surface area contributed by atoms with Crippen molar-refractivity contribution in [1.82, 2.24) is 0 Å². The van der Waals surface area contributed by atoms with Gasteiger partial charge >= 0.3 is 5.92 Å². The lowest BCUT2D eigenvalue weighted by molar-refractivity contribution is 0.0570. The Kier molecular flexibility index (Phi) is 2.24. The Bertz CT molecular complexity index is 367. The lowest BCUT2D eigenvalue weighted by Crippen LogP contribution is -2.12. The zero-order valence-corrected chi connectivity index (χ0v) is 6.19. The van der Waals surface area contributed by atoms with Crippen molar-refractivity contribution in [2.75, 3.05) is 0 Å². The molecule has 1 rings (SSSR count). The van der Waals surface area contributed by atoms with Crippen molar-refractivity contribution in [3.63, 3.8) is 0 Å². The maximum absolute atomic E-state index is 12.7. The summed E-state index contributed by atoms with van der Waals surface area (Å²) in [4.78, 5) is 0.